The quantitative estimate of drug-likeness (QED) is 0.926. The Morgan fingerprint density at radius 3 is 2.75 bits per heavy atom. The molecule has 1 saturated carbocycles. The van der Waals surface area contributed by atoms with Gasteiger partial charge in [-0.25, -0.2) is 0 Å². The Bertz CT molecular complexity index is 627. The van der Waals surface area contributed by atoms with E-state index in [2.05, 4.69) is 53.5 Å². The summed E-state index contributed by atoms with van der Waals surface area (Å²) in [6.07, 6.45) is 6.57. The number of benzene rings is 1. The Kier molecular flexibility index (Phi) is 3.75. The molecule has 0 unspecified atom stereocenters. The Morgan fingerprint density at radius 1 is 1.25 bits per heavy atom. The summed E-state index contributed by atoms with van der Waals surface area (Å²) in [5.41, 5.74) is 2.66. The van der Waals surface area contributed by atoms with Crippen LogP contribution in [0.3, 0.4) is 0 Å². The van der Waals surface area contributed by atoms with Crippen LogP contribution in [0, 0.1) is 17.2 Å². The van der Waals surface area contributed by atoms with Crippen molar-refractivity contribution in [3.8, 4) is 6.07 Å². The third-order valence-electron chi connectivity index (χ3n) is 4.47. The van der Waals surface area contributed by atoms with E-state index in [4.69, 9.17) is 5.26 Å². The summed E-state index contributed by atoms with van der Waals surface area (Å²) in [5.74, 6) is 0.283. The van der Waals surface area contributed by atoms with Crippen LogP contribution in [0.5, 0.6) is 0 Å². The second-order valence-corrected chi connectivity index (χ2v) is 5.84. The summed E-state index contributed by atoms with van der Waals surface area (Å²) in [7, 11) is 2.10. The van der Waals surface area contributed by atoms with Crippen LogP contribution in [-0.2, 0) is 13.6 Å². The molecule has 1 aliphatic carbocycles. The minimum atomic E-state index is 0.283. The Balaban J connectivity index is 1.65. The molecule has 0 radical (unpaired) electrons. The van der Waals surface area contributed by atoms with Gasteiger partial charge in [0.25, 0.3) is 0 Å². The molecule has 1 aliphatic rings. The van der Waals surface area contributed by atoms with Gasteiger partial charge >= 0.3 is 0 Å². The molecule has 0 spiro atoms. The first-order valence-corrected chi connectivity index (χ1v) is 7.44. The molecule has 3 rings (SSSR count). The summed E-state index contributed by atoms with van der Waals surface area (Å²) in [6, 6.07) is 11.5. The Morgan fingerprint density at radius 2 is 2.00 bits per heavy atom. The summed E-state index contributed by atoms with van der Waals surface area (Å²) >= 11 is 0. The van der Waals surface area contributed by atoms with Crippen molar-refractivity contribution in [1.82, 2.24) is 9.88 Å². The van der Waals surface area contributed by atoms with Crippen molar-refractivity contribution in [2.45, 2.75) is 38.3 Å². The van der Waals surface area contributed by atoms with Gasteiger partial charge in [-0.2, -0.15) is 5.26 Å². The van der Waals surface area contributed by atoms with Crippen LogP contribution in [0.4, 0.5) is 0 Å². The summed E-state index contributed by atoms with van der Waals surface area (Å²) in [6.45, 7) is 0.920. The molecule has 0 atom stereocenters. The second-order valence-electron chi connectivity index (χ2n) is 5.84. The number of hydrogen-bond acceptors (Lipinski definition) is 2. The van der Waals surface area contributed by atoms with E-state index in [9.17, 15) is 0 Å². The molecular weight excluding hydrogens is 246 g/mol. The van der Waals surface area contributed by atoms with E-state index in [-0.39, 0.29) is 5.92 Å². The van der Waals surface area contributed by atoms with Crippen LogP contribution in [0.1, 0.15) is 31.2 Å². The van der Waals surface area contributed by atoms with Crippen molar-refractivity contribution >= 4 is 10.9 Å². The molecule has 0 bridgehead atoms. The molecular formula is C17H21N3. The molecule has 0 amide bonds. The maximum atomic E-state index is 8.93. The lowest BCUT2D eigenvalue weighted by molar-refractivity contribution is 0.331. The van der Waals surface area contributed by atoms with Gasteiger partial charge in [0.1, 0.15) is 0 Å². The Labute approximate surface area is 120 Å². The zero-order valence-electron chi connectivity index (χ0n) is 12.0. The number of rotatable bonds is 3. The summed E-state index contributed by atoms with van der Waals surface area (Å²) < 4.78 is 2.19. The third kappa shape index (κ3) is 2.57. The van der Waals surface area contributed by atoms with Gasteiger partial charge in [0.15, 0.2) is 0 Å². The molecule has 2 aromatic rings. The minimum Gasteiger partial charge on any atom is -0.350 e. The SMILES string of the molecule is Cn1cc(CNC2CCC(C#N)CC2)c2ccccc21. The fraction of sp³-hybridized carbons (Fsp3) is 0.471. The minimum absolute atomic E-state index is 0.283. The van der Waals surface area contributed by atoms with Crippen LogP contribution < -0.4 is 5.32 Å². The van der Waals surface area contributed by atoms with E-state index < -0.39 is 0 Å². The van der Waals surface area contributed by atoms with E-state index in [1.807, 2.05) is 0 Å². The van der Waals surface area contributed by atoms with Gasteiger partial charge in [-0.3, -0.25) is 0 Å². The lowest BCUT2D eigenvalue weighted by Gasteiger charge is -2.25. The fourth-order valence-electron chi connectivity index (χ4n) is 3.25. The monoisotopic (exact) mass is 267 g/mol. The topological polar surface area (TPSA) is 40.8 Å². The van der Waals surface area contributed by atoms with Gasteiger partial charge in [0.2, 0.25) is 0 Å². The van der Waals surface area contributed by atoms with Crippen molar-refractivity contribution in [3.05, 3.63) is 36.0 Å². The lowest BCUT2D eigenvalue weighted by atomic mass is 9.87. The zero-order chi connectivity index (χ0) is 13.9. The Hall–Kier alpha value is -1.79. The van der Waals surface area contributed by atoms with E-state index in [1.54, 1.807) is 0 Å². The molecule has 3 nitrogen and oxygen atoms in total. The van der Waals surface area contributed by atoms with Gasteiger partial charge < -0.3 is 9.88 Å². The first kappa shape index (κ1) is 13.2. The molecule has 1 N–H and O–H groups in total. The van der Waals surface area contributed by atoms with Crippen LogP contribution >= 0.6 is 0 Å². The largest absolute Gasteiger partial charge is 0.350 e. The highest BCUT2D eigenvalue weighted by molar-refractivity contribution is 5.83. The number of hydrogen-bond donors (Lipinski definition) is 1. The number of nitrogens with one attached hydrogen (secondary N) is 1. The number of nitrogens with zero attached hydrogens (tertiary/aromatic N) is 2. The lowest BCUT2D eigenvalue weighted by Crippen LogP contribution is -2.32. The zero-order valence-corrected chi connectivity index (χ0v) is 12.0. The van der Waals surface area contributed by atoms with Crippen LogP contribution in [0.2, 0.25) is 0 Å². The number of nitriles is 1. The van der Waals surface area contributed by atoms with Crippen LogP contribution in [0.25, 0.3) is 10.9 Å². The van der Waals surface area contributed by atoms with Crippen molar-refractivity contribution in [3.63, 3.8) is 0 Å². The first-order chi connectivity index (χ1) is 9.78. The molecule has 1 aromatic carbocycles. The molecule has 0 aliphatic heterocycles. The van der Waals surface area contributed by atoms with Gasteiger partial charge in [0, 0.05) is 42.7 Å². The molecule has 104 valence electrons. The summed E-state index contributed by atoms with van der Waals surface area (Å²) in [5, 5.41) is 13.9. The van der Waals surface area contributed by atoms with Crippen molar-refractivity contribution in [2.24, 2.45) is 13.0 Å². The van der Waals surface area contributed by atoms with Gasteiger partial charge in [-0.1, -0.05) is 18.2 Å². The van der Waals surface area contributed by atoms with E-state index in [0.29, 0.717) is 6.04 Å². The van der Waals surface area contributed by atoms with E-state index in [0.717, 1.165) is 32.2 Å². The fourth-order valence-corrected chi connectivity index (χ4v) is 3.25. The molecule has 1 fully saturated rings. The van der Waals surface area contributed by atoms with Gasteiger partial charge in [-0.15, -0.1) is 0 Å². The molecule has 0 saturated heterocycles. The number of aromatic nitrogens is 1. The first-order valence-electron chi connectivity index (χ1n) is 7.44. The predicted molar refractivity (Wildman–Crippen MR) is 81.1 cm³/mol. The van der Waals surface area contributed by atoms with Gasteiger partial charge in [-0.05, 0) is 37.3 Å². The molecule has 20 heavy (non-hydrogen) atoms. The van der Waals surface area contributed by atoms with Crippen molar-refractivity contribution in [2.75, 3.05) is 0 Å². The predicted octanol–water partition coefficient (Wildman–Crippen LogP) is 3.35. The van der Waals surface area contributed by atoms with E-state index in [1.165, 1.54) is 16.5 Å². The smallest absolute Gasteiger partial charge is 0.0655 e. The third-order valence-corrected chi connectivity index (χ3v) is 4.47. The average molecular weight is 267 g/mol. The molecule has 1 aromatic heterocycles. The highest BCUT2D eigenvalue weighted by Crippen LogP contribution is 2.25. The van der Waals surface area contributed by atoms with Crippen molar-refractivity contribution < 1.29 is 0 Å². The highest BCUT2D eigenvalue weighted by atomic mass is 14.9. The standard InChI is InChI=1S/C17H21N3/c1-20-12-14(16-4-2-3-5-17(16)20)11-19-15-8-6-13(10-18)7-9-15/h2-5,12-13,15,19H,6-9,11H2,1H3. The molecule has 1 heterocycles. The molecule has 3 heteroatoms. The number of aryl methyl sites for hydroxylation is 1. The maximum absolute atomic E-state index is 8.93. The highest BCUT2D eigenvalue weighted by Gasteiger charge is 2.20. The second kappa shape index (κ2) is 5.68. The van der Waals surface area contributed by atoms with E-state index >= 15 is 0 Å². The normalized spacial score (nSPS) is 22.8. The average Bonchev–Trinajstić information content (AvgIpc) is 2.83. The van der Waals surface area contributed by atoms with Gasteiger partial charge in [0.05, 0.1) is 6.07 Å². The van der Waals surface area contributed by atoms with Crippen LogP contribution in [0.15, 0.2) is 30.5 Å². The van der Waals surface area contributed by atoms with Crippen molar-refractivity contribution in [1.29, 1.82) is 5.26 Å². The summed E-state index contributed by atoms with van der Waals surface area (Å²) in [4.78, 5) is 0. The van der Waals surface area contributed by atoms with Crippen LogP contribution in [-0.4, -0.2) is 10.6 Å². The maximum Gasteiger partial charge on any atom is 0.0655 e. The number of para-hydroxylation sites is 1. The number of fused-ring (bicyclic) bond motifs is 1.